The van der Waals surface area contributed by atoms with Gasteiger partial charge in [0.1, 0.15) is 11.6 Å². The van der Waals surface area contributed by atoms with E-state index in [4.69, 9.17) is 14.6 Å². The smallest absolute Gasteiger partial charge is 0.509 e. The SMILES string of the molecule is CCCc1cc(C)cc(CCC)c1-c1cnn(-c2[c-]c(Oc3[c-]c4c(cc3)c3ccccc3n4-c3cc(OC)ccn3)ccc2)c1.[Pt+2]. The Morgan fingerprint density at radius 3 is 2.34 bits per heavy atom. The number of pyridine rings is 1. The Morgan fingerprint density at radius 2 is 1.57 bits per heavy atom. The van der Waals surface area contributed by atoms with Crippen molar-refractivity contribution in [2.24, 2.45) is 0 Å². The molecule has 7 aromatic rings. The molecule has 0 aliphatic heterocycles. The van der Waals surface area contributed by atoms with Crippen LogP contribution >= 0.6 is 0 Å². The Labute approximate surface area is 290 Å². The van der Waals surface area contributed by atoms with Crippen molar-refractivity contribution in [3.63, 3.8) is 0 Å². The molecular formula is C40H36N4O2Pt. The van der Waals surface area contributed by atoms with Crippen molar-refractivity contribution in [2.75, 3.05) is 7.11 Å². The number of aromatic nitrogens is 4. The summed E-state index contributed by atoms with van der Waals surface area (Å²) < 4.78 is 15.8. The summed E-state index contributed by atoms with van der Waals surface area (Å²) in [5.74, 6) is 2.66. The molecule has 7 heteroatoms. The summed E-state index contributed by atoms with van der Waals surface area (Å²) in [7, 11) is 1.66. The minimum atomic E-state index is 0. The van der Waals surface area contributed by atoms with Gasteiger partial charge in [0.05, 0.1) is 13.3 Å². The van der Waals surface area contributed by atoms with Crippen LogP contribution in [0.15, 0.2) is 97.5 Å². The molecule has 6 nitrogen and oxygen atoms in total. The van der Waals surface area contributed by atoms with Crippen LogP contribution in [0.1, 0.15) is 43.4 Å². The number of para-hydroxylation sites is 1. The summed E-state index contributed by atoms with van der Waals surface area (Å²) in [5.41, 5.74) is 9.25. The molecule has 0 N–H and O–H groups in total. The van der Waals surface area contributed by atoms with Gasteiger partial charge in [-0.1, -0.05) is 68.1 Å². The van der Waals surface area contributed by atoms with Crippen LogP contribution in [0.5, 0.6) is 17.2 Å². The number of aryl methyl sites for hydroxylation is 3. The number of fused-ring (bicyclic) bond motifs is 3. The number of benzene rings is 4. The number of nitrogens with zero attached hydrogens (tertiary/aromatic N) is 4. The van der Waals surface area contributed by atoms with E-state index in [1.165, 1.54) is 22.3 Å². The molecule has 0 aliphatic rings. The molecule has 0 saturated heterocycles. The van der Waals surface area contributed by atoms with Gasteiger partial charge in [0.15, 0.2) is 0 Å². The average Bonchev–Trinajstić information content (AvgIpc) is 3.68. The molecule has 0 unspecified atom stereocenters. The molecule has 7 rings (SSSR count). The van der Waals surface area contributed by atoms with Gasteiger partial charge in [0, 0.05) is 41.0 Å². The van der Waals surface area contributed by atoms with E-state index >= 15 is 0 Å². The van der Waals surface area contributed by atoms with Gasteiger partial charge in [-0.3, -0.25) is 4.68 Å². The van der Waals surface area contributed by atoms with E-state index in [-0.39, 0.29) is 21.1 Å². The summed E-state index contributed by atoms with van der Waals surface area (Å²) in [6.07, 6.45) is 10.1. The zero-order valence-electron chi connectivity index (χ0n) is 27.0. The van der Waals surface area contributed by atoms with E-state index in [9.17, 15) is 0 Å². The van der Waals surface area contributed by atoms with Crippen LogP contribution in [0.3, 0.4) is 0 Å². The molecule has 0 aliphatic carbocycles. The maximum Gasteiger partial charge on any atom is 2.00 e. The van der Waals surface area contributed by atoms with Gasteiger partial charge in [-0.2, -0.15) is 17.2 Å². The van der Waals surface area contributed by atoms with E-state index in [0.717, 1.165) is 70.3 Å². The standard InChI is InChI=1S/C40H36N4O2.Pt/c1-5-10-28-20-27(3)21-29(11-6-2)40(28)30-25-42-43(26-30)31-12-9-13-33(22-31)46-34-16-17-36-35-14-7-8-15-37(35)44(38(36)23-34)39-24-32(45-4)18-19-41-39;/h7-9,12-21,24-26H,5-6,10-11H2,1-4H3;/q-2;+2. The van der Waals surface area contributed by atoms with E-state index in [0.29, 0.717) is 11.5 Å². The first-order valence-corrected chi connectivity index (χ1v) is 15.9. The molecule has 238 valence electrons. The Bertz CT molecular complexity index is 2150. The van der Waals surface area contributed by atoms with Gasteiger partial charge in [0.25, 0.3) is 0 Å². The van der Waals surface area contributed by atoms with Crippen LogP contribution in [0.2, 0.25) is 0 Å². The minimum absolute atomic E-state index is 0. The van der Waals surface area contributed by atoms with Gasteiger partial charge in [-0.25, -0.2) is 4.98 Å². The molecule has 0 radical (unpaired) electrons. The largest absolute Gasteiger partial charge is 2.00 e. The molecule has 0 saturated carbocycles. The molecule has 0 spiro atoms. The number of hydrogen-bond donors (Lipinski definition) is 0. The quantitative estimate of drug-likeness (QED) is 0.129. The average molecular weight is 800 g/mol. The third kappa shape index (κ3) is 6.35. The molecule has 0 fully saturated rings. The maximum atomic E-state index is 6.38. The van der Waals surface area contributed by atoms with Gasteiger partial charge < -0.3 is 14.0 Å². The number of ether oxygens (including phenoxy) is 2. The van der Waals surface area contributed by atoms with Crippen LogP contribution in [0, 0.1) is 19.1 Å². The Hall–Kier alpha value is -4.67. The Kier molecular flexibility index (Phi) is 9.60. The normalized spacial score (nSPS) is 11.1. The fourth-order valence-electron chi connectivity index (χ4n) is 6.40. The predicted octanol–water partition coefficient (Wildman–Crippen LogP) is 9.64. The minimum Gasteiger partial charge on any atom is -0.509 e. The predicted molar refractivity (Wildman–Crippen MR) is 185 cm³/mol. The van der Waals surface area contributed by atoms with Crippen LogP contribution < -0.4 is 9.47 Å². The second-order valence-electron chi connectivity index (χ2n) is 11.6. The third-order valence-electron chi connectivity index (χ3n) is 8.31. The summed E-state index contributed by atoms with van der Waals surface area (Å²) in [5, 5.41) is 6.94. The number of rotatable bonds is 10. The fraction of sp³-hybridized carbons (Fsp3) is 0.200. The monoisotopic (exact) mass is 799 g/mol. The van der Waals surface area contributed by atoms with Crippen molar-refractivity contribution in [3.05, 3.63) is 126 Å². The molecule has 0 atom stereocenters. The van der Waals surface area contributed by atoms with Crippen molar-refractivity contribution in [3.8, 4) is 39.9 Å². The van der Waals surface area contributed by atoms with Gasteiger partial charge in [-0.05, 0) is 59.7 Å². The molecular weight excluding hydrogens is 764 g/mol. The van der Waals surface area contributed by atoms with Crippen molar-refractivity contribution in [1.82, 2.24) is 19.3 Å². The van der Waals surface area contributed by atoms with Crippen LogP contribution in [-0.4, -0.2) is 26.4 Å². The van der Waals surface area contributed by atoms with Crippen LogP contribution in [-0.2, 0) is 33.9 Å². The molecule has 3 heterocycles. The fourth-order valence-corrected chi connectivity index (χ4v) is 6.40. The van der Waals surface area contributed by atoms with Crippen LogP contribution in [0.4, 0.5) is 0 Å². The second kappa shape index (κ2) is 14.0. The van der Waals surface area contributed by atoms with Crippen molar-refractivity contribution in [1.29, 1.82) is 0 Å². The van der Waals surface area contributed by atoms with E-state index in [2.05, 4.69) is 79.0 Å². The maximum absolute atomic E-state index is 6.38. The molecule has 3 aromatic heterocycles. The van der Waals surface area contributed by atoms with Gasteiger partial charge in [0.2, 0.25) is 0 Å². The first-order chi connectivity index (χ1) is 22.6. The second-order valence-corrected chi connectivity index (χ2v) is 11.6. The topological polar surface area (TPSA) is 54.1 Å². The van der Waals surface area contributed by atoms with Gasteiger partial charge >= 0.3 is 21.1 Å². The van der Waals surface area contributed by atoms with E-state index in [1.54, 1.807) is 13.3 Å². The summed E-state index contributed by atoms with van der Waals surface area (Å²) in [4.78, 5) is 4.65. The van der Waals surface area contributed by atoms with Crippen molar-refractivity contribution in [2.45, 2.75) is 46.5 Å². The third-order valence-corrected chi connectivity index (χ3v) is 8.31. The van der Waals surface area contributed by atoms with E-state index < -0.39 is 0 Å². The Balaban J connectivity index is 0.00000386. The number of methoxy groups -OCH3 is 1. The summed E-state index contributed by atoms with van der Waals surface area (Å²) >= 11 is 0. The molecule has 0 bridgehead atoms. The van der Waals surface area contributed by atoms with Gasteiger partial charge in [-0.15, -0.1) is 35.7 Å². The van der Waals surface area contributed by atoms with Crippen LogP contribution in [0.25, 0.3) is 44.4 Å². The van der Waals surface area contributed by atoms with E-state index in [1.807, 2.05) is 59.4 Å². The first-order valence-electron chi connectivity index (χ1n) is 15.9. The number of hydrogen-bond acceptors (Lipinski definition) is 4. The summed E-state index contributed by atoms with van der Waals surface area (Å²) in [6.45, 7) is 6.66. The summed E-state index contributed by atoms with van der Waals surface area (Å²) in [6, 6.07) is 33.5. The zero-order chi connectivity index (χ0) is 31.6. The first kappa shape index (κ1) is 32.3. The molecule has 47 heavy (non-hydrogen) atoms. The Morgan fingerprint density at radius 1 is 0.809 bits per heavy atom. The zero-order valence-corrected chi connectivity index (χ0v) is 29.3. The molecule has 0 amide bonds. The molecule has 4 aromatic carbocycles. The van der Waals surface area contributed by atoms with Crippen molar-refractivity contribution < 1.29 is 30.5 Å². The van der Waals surface area contributed by atoms with Crippen molar-refractivity contribution >= 4 is 21.8 Å².